The first-order chi connectivity index (χ1) is 8.90. The fourth-order valence-electron chi connectivity index (χ4n) is 1.20. The first kappa shape index (κ1) is 18.4. The van der Waals surface area contributed by atoms with Crippen LogP contribution < -0.4 is 15.8 Å². The summed E-state index contributed by atoms with van der Waals surface area (Å²) in [5, 5.41) is 2.64. The molecule has 0 atom stereocenters. The van der Waals surface area contributed by atoms with Gasteiger partial charge in [-0.05, 0) is 12.1 Å². The van der Waals surface area contributed by atoms with Gasteiger partial charge in [-0.25, -0.2) is 0 Å². The lowest BCUT2D eigenvalue weighted by Gasteiger charge is -2.10. The van der Waals surface area contributed by atoms with E-state index in [0.717, 1.165) is 6.07 Å². The molecule has 0 unspecified atom stereocenters. The van der Waals surface area contributed by atoms with E-state index in [1.165, 1.54) is 18.2 Å². The van der Waals surface area contributed by atoms with Crippen molar-refractivity contribution in [3.05, 3.63) is 24.3 Å². The monoisotopic (exact) mass is 399 g/mol. The van der Waals surface area contributed by atoms with Gasteiger partial charge in [0.05, 0.1) is 6.54 Å². The standard InChI is InChI=1S/C12H12F3N3O.HI/c1-2-3-7-17-11(16)18-9-5-4-6-10(8-9)19-12(13,14)15;/h1,4-6,8H,3,7H2,(H3,16,17,18);1H. The molecule has 0 saturated heterocycles. The summed E-state index contributed by atoms with van der Waals surface area (Å²) in [5.41, 5.74) is 5.87. The van der Waals surface area contributed by atoms with Gasteiger partial charge in [0.25, 0.3) is 0 Å². The molecule has 110 valence electrons. The van der Waals surface area contributed by atoms with E-state index < -0.39 is 6.36 Å². The predicted octanol–water partition coefficient (Wildman–Crippen LogP) is 2.95. The smallest absolute Gasteiger partial charge is 0.406 e. The topological polar surface area (TPSA) is 59.6 Å². The van der Waals surface area contributed by atoms with Gasteiger partial charge in [-0.1, -0.05) is 6.07 Å². The van der Waals surface area contributed by atoms with Crippen molar-refractivity contribution in [2.75, 3.05) is 11.9 Å². The van der Waals surface area contributed by atoms with Crippen molar-refractivity contribution in [1.29, 1.82) is 0 Å². The van der Waals surface area contributed by atoms with E-state index in [2.05, 4.69) is 21.0 Å². The second-order valence-corrected chi connectivity index (χ2v) is 3.42. The summed E-state index contributed by atoms with van der Waals surface area (Å²) in [5.74, 6) is 2.12. The Balaban J connectivity index is 0.00000361. The highest BCUT2D eigenvalue weighted by atomic mass is 127. The minimum Gasteiger partial charge on any atom is -0.406 e. The van der Waals surface area contributed by atoms with Gasteiger partial charge in [-0.2, -0.15) is 0 Å². The third-order valence-corrected chi connectivity index (χ3v) is 1.88. The molecular formula is C12H13F3IN3O. The predicted molar refractivity (Wildman–Crippen MR) is 82.1 cm³/mol. The molecular weight excluding hydrogens is 386 g/mol. The van der Waals surface area contributed by atoms with Crippen LogP contribution in [0.1, 0.15) is 6.42 Å². The summed E-state index contributed by atoms with van der Waals surface area (Å²) < 4.78 is 39.9. The highest BCUT2D eigenvalue weighted by molar-refractivity contribution is 14.0. The molecule has 0 saturated carbocycles. The van der Waals surface area contributed by atoms with Crippen LogP contribution in [0, 0.1) is 12.3 Å². The minimum absolute atomic E-state index is 0. The maximum Gasteiger partial charge on any atom is 0.573 e. The van der Waals surface area contributed by atoms with Gasteiger partial charge in [0, 0.05) is 18.2 Å². The Kier molecular flexibility index (Phi) is 7.83. The average Bonchev–Trinajstić information content (AvgIpc) is 2.27. The van der Waals surface area contributed by atoms with Crippen molar-refractivity contribution >= 4 is 35.6 Å². The molecule has 1 rings (SSSR count). The molecule has 0 aliphatic rings. The number of hydrogen-bond acceptors (Lipinski definition) is 2. The van der Waals surface area contributed by atoms with E-state index in [-0.39, 0.29) is 35.7 Å². The Labute approximate surface area is 131 Å². The number of guanidine groups is 1. The van der Waals surface area contributed by atoms with Gasteiger partial charge < -0.3 is 15.8 Å². The number of nitrogens with zero attached hydrogens (tertiary/aromatic N) is 1. The molecule has 20 heavy (non-hydrogen) atoms. The van der Waals surface area contributed by atoms with E-state index in [1.54, 1.807) is 0 Å². The molecule has 0 amide bonds. The van der Waals surface area contributed by atoms with E-state index in [9.17, 15) is 13.2 Å². The van der Waals surface area contributed by atoms with Crippen LogP contribution in [0.2, 0.25) is 0 Å². The molecule has 1 aromatic rings. The molecule has 4 nitrogen and oxygen atoms in total. The minimum atomic E-state index is -4.73. The number of ether oxygens (including phenoxy) is 1. The fourth-order valence-corrected chi connectivity index (χ4v) is 1.20. The van der Waals surface area contributed by atoms with Crippen molar-refractivity contribution < 1.29 is 17.9 Å². The van der Waals surface area contributed by atoms with Crippen molar-refractivity contribution in [1.82, 2.24) is 0 Å². The number of hydrogen-bond donors (Lipinski definition) is 2. The second kappa shape index (κ2) is 8.52. The van der Waals surface area contributed by atoms with Gasteiger partial charge in [0.15, 0.2) is 5.96 Å². The van der Waals surface area contributed by atoms with E-state index in [0.29, 0.717) is 18.7 Å². The Hall–Kier alpha value is -1.63. The maximum absolute atomic E-state index is 12.0. The zero-order valence-electron chi connectivity index (χ0n) is 10.3. The van der Waals surface area contributed by atoms with Crippen molar-refractivity contribution in [3.8, 4) is 18.1 Å². The van der Waals surface area contributed by atoms with Gasteiger partial charge in [-0.3, -0.25) is 4.99 Å². The van der Waals surface area contributed by atoms with Gasteiger partial charge in [0.2, 0.25) is 0 Å². The number of alkyl halides is 3. The van der Waals surface area contributed by atoms with Gasteiger partial charge in [-0.15, -0.1) is 49.5 Å². The lowest BCUT2D eigenvalue weighted by Crippen LogP contribution is -2.23. The second-order valence-electron chi connectivity index (χ2n) is 3.42. The quantitative estimate of drug-likeness (QED) is 0.269. The molecule has 8 heteroatoms. The fraction of sp³-hybridized carbons (Fsp3) is 0.250. The molecule has 0 aromatic heterocycles. The SMILES string of the molecule is C#CCCN=C(N)Nc1cccc(OC(F)(F)F)c1.I. The van der Waals surface area contributed by atoms with Gasteiger partial charge in [0.1, 0.15) is 5.75 Å². The summed E-state index contributed by atoms with van der Waals surface area (Å²) in [6, 6.07) is 5.28. The number of halogens is 4. The Morgan fingerprint density at radius 2 is 2.15 bits per heavy atom. The van der Waals surface area contributed by atoms with E-state index >= 15 is 0 Å². The van der Waals surface area contributed by atoms with Gasteiger partial charge >= 0.3 is 6.36 Å². The number of benzene rings is 1. The largest absolute Gasteiger partial charge is 0.573 e. The molecule has 0 fully saturated rings. The summed E-state index contributed by atoms with van der Waals surface area (Å²) in [6.07, 6.45) is 0.741. The highest BCUT2D eigenvalue weighted by Crippen LogP contribution is 2.24. The van der Waals surface area contributed by atoms with Crippen LogP contribution in [0.25, 0.3) is 0 Å². The lowest BCUT2D eigenvalue weighted by atomic mass is 10.3. The first-order valence-electron chi connectivity index (χ1n) is 5.27. The number of anilines is 1. The van der Waals surface area contributed by atoms with Crippen LogP contribution in [0.3, 0.4) is 0 Å². The maximum atomic E-state index is 12.0. The summed E-state index contributed by atoms with van der Waals surface area (Å²) in [7, 11) is 0. The number of nitrogens with two attached hydrogens (primary N) is 1. The summed E-state index contributed by atoms with van der Waals surface area (Å²) in [6.45, 7) is 0.341. The molecule has 0 bridgehead atoms. The summed E-state index contributed by atoms with van der Waals surface area (Å²) in [4.78, 5) is 3.89. The van der Waals surface area contributed by atoms with Crippen LogP contribution >= 0.6 is 24.0 Å². The first-order valence-corrected chi connectivity index (χ1v) is 5.27. The highest BCUT2D eigenvalue weighted by Gasteiger charge is 2.31. The Morgan fingerprint density at radius 1 is 1.45 bits per heavy atom. The molecule has 3 N–H and O–H groups in total. The van der Waals surface area contributed by atoms with E-state index in [4.69, 9.17) is 12.2 Å². The third-order valence-electron chi connectivity index (χ3n) is 1.88. The molecule has 1 aromatic carbocycles. The lowest BCUT2D eigenvalue weighted by molar-refractivity contribution is -0.274. The Bertz CT molecular complexity index is 497. The Morgan fingerprint density at radius 3 is 2.75 bits per heavy atom. The van der Waals surface area contributed by atoms with Crippen LogP contribution in [0.5, 0.6) is 5.75 Å². The van der Waals surface area contributed by atoms with Crippen molar-refractivity contribution in [2.45, 2.75) is 12.8 Å². The molecule has 0 aliphatic heterocycles. The van der Waals surface area contributed by atoms with Crippen LogP contribution in [0.15, 0.2) is 29.3 Å². The molecule has 0 spiro atoms. The number of nitrogens with one attached hydrogen (secondary N) is 1. The summed E-state index contributed by atoms with van der Waals surface area (Å²) >= 11 is 0. The van der Waals surface area contributed by atoms with Crippen molar-refractivity contribution in [2.24, 2.45) is 10.7 Å². The average molecular weight is 399 g/mol. The zero-order chi connectivity index (χ0) is 14.3. The number of terminal acetylenes is 1. The van der Waals surface area contributed by atoms with Crippen LogP contribution in [-0.2, 0) is 0 Å². The number of aliphatic imine (C=N–C) groups is 1. The molecule has 0 heterocycles. The van der Waals surface area contributed by atoms with Crippen LogP contribution in [-0.4, -0.2) is 18.9 Å². The van der Waals surface area contributed by atoms with Crippen molar-refractivity contribution in [3.63, 3.8) is 0 Å². The normalized spacial score (nSPS) is 11.2. The molecule has 0 aliphatic carbocycles. The van der Waals surface area contributed by atoms with Crippen LogP contribution in [0.4, 0.5) is 18.9 Å². The molecule has 0 radical (unpaired) electrons. The zero-order valence-corrected chi connectivity index (χ0v) is 12.6. The number of rotatable bonds is 4. The third kappa shape index (κ3) is 7.73. The van der Waals surface area contributed by atoms with E-state index in [1.807, 2.05) is 0 Å².